The van der Waals surface area contributed by atoms with E-state index in [2.05, 4.69) is 0 Å². The molecule has 1 saturated heterocycles. The summed E-state index contributed by atoms with van der Waals surface area (Å²) in [5, 5.41) is 0. The largest absolute Gasteiger partial charge is 0.393 e. The van der Waals surface area contributed by atoms with Gasteiger partial charge in [-0.15, -0.1) is 0 Å². The van der Waals surface area contributed by atoms with Crippen LogP contribution in [0.25, 0.3) is 0 Å². The van der Waals surface area contributed by atoms with E-state index in [1.165, 1.54) is 0 Å². The molecule has 0 aromatic heterocycles. The third-order valence-electron chi connectivity index (χ3n) is 2.64. The van der Waals surface area contributed by atoms with Gasteiger partial charge in [-0.2, -0.15) is 0 Å². The Morgan fingerprint density at radius 3 is 2.93 bits per heavy atom. The highest BCUT2D eigenvalue weighted by atomic mass is 32.1. The maximum Gasteiger partial charge on any atom is 0.222 e. The Labute approximate surface area is 90.6 Å². The molecule has 0 aromatic rings. The van der Waals surface area contributed by atoms with Gasteiger partial charge in [0.25, 0.3) is 0 Å². The average Bonchev–Trinajstić information content (AvgIpc) is 2.18. The zero-order chi connectivity index (χ0) is 10.6. The quantitative estimate of drug-likeness (QED) is 0.721. The summed E-state index contributed by atoms with van der Waals surface area (Å²) in [5.74, 6) is 0.480. The molecular formula is C10H18N2OS. The summed E-state index contributed by atoms with van der Waals surface area (Å²) in [4.78, 5) is 14.1. The molecule has 1 atom stereocenters. The third-order valence-corrected chi connectivity index (χ3v) is 2.97. The number of hydrogen-bond donors (Lipinski definition) is 1. The summed E-state index contributed by atoms with van der Waals surface area (Å²) >= 11 is 4.96. The van der Waals surface area contributed by atoms with E-state index >= 15 is 0 Å². The molecule has 14 heavy (non-hydrogen) atoms. The molecule has 1 rings (SSSR count). The van der Waals surface area contributed by atoms with Crippen LogP contribution in [0.3, 0.4) is 0 Å². The van der Waals surface area contributed by atoms with E-state index in [-0.39, 0.29) is 11.8 Å². The van der Waals surface area contributed by atoms with E-state index in [9.17, 15) is 4.79 Å². The lowest BCUT2D eigenvalue weighted by molar-refractivity contribution is -0.132. The van der Waals surface area contributed by atoms with Gasteiger partial charge in [-0.05, 0) is 19.3 Å². The van der Waals surface area contributed by atoms with E-state index in [1.807, 2.05) is 11.8 Å². The van der Waals surface area contributed by atoms with Crippen molar-refractivity contribution in [3.63, 3.8) is 0 Å². The summed E-state index contributed by atoms with van der Waals surface area (Å²) in [6.45, 7) is 3.62. The highest BCUT2D eigenvalue weighted by Crippen LogP contribution is 2.17. The number of thiocarbonyl (C=S) groups is 1. The Bertz CT molecular complexity index is 230. The third kappa shape index (κ3) is 2.94. The normalized spacial score (nSPS) is 22.1. The second kappa shape index (κ2) is 5.29. The lowest BCUT2D eigenvalue weighted by Crippen LogP contribution is -2.43. The number of likely N-dealkylation sites (tertiary alicyclic amines) is 1. The van der Waals surface area contributed by atoms with Crippen LogP contribution in [-0.4, -0.2) is 28.9 Å². The van der Waals surface area contributed by atoms with E-state index in [4.69, 9.17) is 18.0 Å². The van der Waals surface area contributed by atoms with Crippen LogP contribution in [0.15, 0.2) is 0 Å². The number of hydrogen-bond acceptors (Lipinski definition) is 2. The van der Waals surface area contributed by atoms with Crippen molar-refractivity contribution >= 4 is 23.1 Å². The fourth-order valence-corrected chi connectivity index (χ4v) is 2.00. The number of nitrogens with two attached hydrogens (primary N) is 1. The van der Waals surface area contributed by atoms with Gasteiger partial charge in [-0.25, -0.2) is 0 Å². The fraction of sp³-hybridized carbons (Fsp3) is 0.800. The minimum absolute atomic E-state index is 0.236. The van der Waals surface area contributed by atoms with E-state index < -0.39 is 0 Å². The molecule has 0 bridgehead atoms. The predicted octanol–water partition coefficient (Wildman–Crippen LogP) is 1.31. The second-order valence-corrected chi connectivity index (χ2v) is 4.30. The highest BCUT2D eigenvalue weighted by Gasteiger charge is 2.24. The van der Waals surface area contributed by atoms with Gasteiger partial charge in [-0.3, -0.25) is 4.79 Å². The van der Waals surface area contributed by atoms with Crippen molar-refractivity contribution in [2.24, 2.45) is 11.7 Å². The number of carbonyl (C=O) groups is 1. The molecule has 1 heterocycles. The van der Waals surface area contributed by atoms with Gasteiger partial charge in [0.15, 0.2) is 0 Å². The smallest absolute Gasteiger partial charge is 0.222 e. The molecule has 1 amide bonds. The van der Waals surface area contributed by atoms with Gasteiger partial charge in [0.1, 0.15) is 0 Å². The van der Waals surface area contributed by atoms with Crippen LogP contribution < -0.4 is 5.73 Å². The van der Waals surface area contributed by atoms with Gasteiger partial charge < -0.3 is 10.6 Å². The SMILES string of the molecule is CCCC(=O)N1CCCC(C(N)=S)C1. The van der Waals surface area contributed by atoms with Gasteiger partial charge in [-0.1, -0.05) is 19.1 Å². The molecule has 2 N–H and O–H groups in total. The molecule has 0 saturated carbocycles. The first kappa shape index (κ1) is 11.4. The molecule has 4 heteroatoms. The number of carbonyl (C=O) groups excluding carboxylic acids is 1. The molecule has 0 radical (unpaired) electrons. The first-order valence-corrected chi connectivity index (χ1v) is 5.63. The molecule has 0 aliphatic carbocycles. The van der Waals surface area contributed by atoms with Gasteiger partial charge in [0.05, 0.1) is 4.99 Å². The Balaban J connectivity index is 2.47. The number of amides is 1. The molecular weight excluding hydrogens is 196 g/mol. The van der Waals surface area contributed by atoms with Crippen molar-refractivity contribution in [2.75, 3.05) is 13.1 Å². The molecule has 0 spiro atoms. The molecule has 1 aliphatic rings. The average molecular weight is 214 g/mol. The fourth-order valence-electron chi connectivity index (χ4n) is 1.81. The van der Waals surface area contributed by atoms with Crippen LogP contribution in [0.4, 0.5) is 0 Å². The molecule has 80 valence electrons. The maximum absolute atomic E-state index is 11.6. The summed E-state index contributed by atoms with van der Waals surface area (Å²) in [7, 11) is 0. The minimum atomic E-state index is 0.236. The molecule has 1 unspecified atom stereocenters. The lowest BCUT2D eigenvalue weighted by Gasteiger charge is -2.32. The van der Waals surface area contributed by atoms with Crippen molar-refractivity contribution in [3.05, 3.63) is 0 Å². The summed E-state index contributed by atoms with van der Waals surface area (Å²) in [5.41, 5.74) is 5.60. The van der Waals surface area contributed by atoms with Crippen LogP contribution in [-0.2, 0) is 4.79 Å². The van der Waals surface area contributed by atoms with Crippen LogP contribution in [0.1, 0.15) is 32.6 Å². The molecule has 1 aliphatic heterocycles. The van der Waals surface area contributed by atoms with Crippen LogP contribution in [0, 0.1) is 5.92 Å². The monoisotopic (exact) mass is 214 g/mol. The Hall–Kier alpha value is -0.640. The van der Waals surface area contributed by atoms with Gasteiger partial charge in [0.2, 0.25) is 5.91 Å². The van der Waals surface area contributed by atoms with Crippen molar-refractivity contribution < 1.29 is 4.79 Å². The summed E-state index contributed by atoms with van der Waals surface area (Å²) in [6, 6.07) is 0. The first-order valence-electron chi connectivity index (χ1n) is 5.22. The zero-order valence-corrected chi connectivity index (χ0v) is 9.48. The van der Waals surface area contributed by atoms with Crippen molar-refractivity contribution in [1.29, 1.82) is 0 Å². The number of nitrogens with zero attached hydrogens (tertiary/aromatic N) is 1. The zero-order valence-electron chi connectivity index (χ0n) is 8.66. The molecule has 1 fully saturated rings. The van der Waals surface area contributed by atoms with Crippen LogP contribution in [0.2, 0.25) is 0 Å². The van der Waals surface area contributed by atoms with E-state index in [1.54, 1.807) is 0 Å². The molecule has 3 nitrogen and oxygen atoms in total. The predicted molar refractivity (Wildman–Crippen MR) is 61.0 cm³/mol. The maximum atomic E-state index is 11.6. The van der Waals surface area contributed by atoms with E-state index in [0.717, 1.165) is 32.4 Å². The first-order chi connectivity index (χ1) is 6.65. The standard InChI is InChI=1S/C10H18N2OS/c1-2-4-9(13)12-6-3-5-8(7-12)10(11)14/h8H,2-7H2,1H3,(H2,11,14). The van der Waals surface area contributed by atoms with Gasteiger partial charge >= 0.3 is 0 Å². The lowest BCUT2D eigenvalue weighted by atomic mass is 9.98. The van der Waals surface area contributed by atoms with E-state index in [0.29, 0.717) is 11.4 Å². The van der Waals surface area contributed by atoms with Crippen LogP contribution >= 0.6 is 12.2 Å². The topological polar surface area (TPSA) is 46.3 Å². The van der Waals surface area contributed by atoms with Crippen molar-refractivity contribution in [3.8, 4) is 0 Å². The number of piperidine rings is 1. The summed E-state index contributed by atoms with van der Waals surface area (Å²) < 4.78 is 0. The van der Waals surface area contributed by atoms with Crippen molar-refractivity contribution in [1.82, 2.24) is 4.90 Å². The Kier molecular flexibility index (Phi) is 4.32. The summed E-state index contributed by atoms with van der Waals surface area (Å²) in [6.07, 6.45) is 3.61. The minimum Gasteiger partial charge on any atom is -0.393 e. The number of rotatable bonds is 3. The van der Waals surface area contributed by atoms with Crippen LogP contribution in [0.5, 0.6) is 0 Å². The second-order valence-electron chi connectivity index (χ2n) is 3.83. The van der Waals surface area contributed by atoms with Gasteiger partial charge in [0, 0.05) is 25.4 Å². The Morgan fingerprint density at radius 2 is 2.36 bits per heavy atom. The van der Waals surface area contributed by atoms with Crippen molar-refractivity contribution in [2.45, 2.75) is 32.6 Å². The molecule has 0 aromatic carbocycles. The highest BCUT2D eigenvalue weighted by molar-refractivity contribution is 7.80. The Morgan fingerprint density at radius 1 is 1.64 bits per heavy atom.